The maximum atomic E-state index is 6.11. The summed E-state index contributed by atoms with van der Waals surface area (Å²) in [5.74, 6) is 2.55. The molecule has 1 aliphatic rings. The number of nitrogens with zero attached hydrogens (tertiary/aromatic N) is 1. The fraction of sp³-hybridized carbons (Fsp3) is 0.650. The van der Waals surface area contributed by atoms with Gasteiger partial charge in [-0.1, -0.05) is 29.8 Å². The minimum atomic E-state index is 0.164. The van der Waals surface area contributed by atoms with Gasteiger partial charge in [-0.3, -0.25) is 4.99 Å². The lowest BCUT2D eigenvalue weighted by atomic mass is 9.89. The molecule has 4 nitrogen and oxygen atoms in total. The van der Waals surface area contributed by atoms with Crippen LogP contribution < -0.4 is 10.6 Å². The molecule has 0 spiro atoms. The number of aryl methyl sites for hydroxylation is 1. The number of hydrogen-bond acceptors (Lipinski definition) is 3. The molecular weight excluding hydrogens is 330 g/mol. The maximum absolute atomic E-state index is 6.11. The molecule has 1 aromatic rings. The van der Waals surface area contributed by atoms with Gasteiger partial charge >= 0.3 is 0 Å². The van der Waals surface area contributed by atoms with E-state index < -0.39 is 0 Å². The van der Waals surface area contributed by atoms with E-state index in [1.165, 1.54) is 23.3 Å². The zero-order valence-corrected chi connectivity index (χ0v) is 16.7. The van der Waals surface area contributed by atoms with Crippen molar-refractivity contribution in [1.29, 1.82) is 0 Å². The standard InChI is InChI=1S/C20H33N3OS/c1-4-21-20(22-12-6-14-25-3)23-15-18-7-5-13-24-19(18)17-10-8-16(2)9-11-17/h8-11,18-19H,4-7,12-15H2,1-3H3,(H2,21,22,23). The van der Waals surface area contributed by atoms with Crippen LogP contribution in [0.25, 0.3) is 0 Å². The Morgan fingerprint density at radius 2 is 2.08 bits per heavy atom. The van der Waals surface area contributed by atoms with Crippen LogP contribution in [0, 0.1) is 12.8 Å². The van der Waals surface area contributed by atoms with E-state index in [-0.39, 0.29) is 6.10 Å². The molecule has 0 aromatic heterocycles. The third-order valence-corrected chi connectivity index (χ3v) is 5.19. The molecule has 1 aliphatic heterocycles. The first-order chi connectivity index (χ1) is 12.2. The van der Waals surface area contributed by atoms with E-state index in [4.69, 9.17) is 9.73 Å². The van der Waals surface area contributed by atoms with Crippen LogP contribution in [0.5, 0.6) is 0 Å². The third kappa shape index (κ3) is 6.90. The van der Waals surface area contributed by atoms with E-state index in [1.807, 2.05) is 11.8 Å². The van der Waals surface area contributed by atoms with Crippen LogP contribution in [0.2, 0.25) is 0 Å². The number of thioether (sulfide) groups is 1. The first kappa shape index (κ1) is 20.1. The molecule has 1 saturated heterocycles. The minimum Gasteiger partial charge on any atom is -0.373 e. The smallest absolute Gasteiger partial charge is 0.191 e. The highest BCUT2D eigenvalue weighted by molar-refractivity contribution is 7.98. The molecule has 2 unspecified atom stereocenters. The summed E-state index contributed by atoms with van der Waals surface area (Å²) in [5, 5.41) is 6.79. The Hall–Kier alpha value is -1.20. The molecule has 25 heavy (non-hydrogen) atoms. The zero-order chi connectivity index (χ0) is 17.9. The fourth-order valence-corrected chi connectivity index (χ4v) is 3.56. The number of aliphatic imine (C=N–C) groups is 1. The van der Waals surface area contributed by atoms with Crippen molar-refractivity contribution in [2.45, 2.75) is 39.2 Å². The molecule has 0 saturated carbocycles. The summed E-state index contributed by atoms with van der Waals surface area (Å²) in [4.78, 5) is 4.84. The van der Waals surface area contributed by atoms with Crippen LogP contribution in [0.1, 0.15) is 43.4 Å². The van der Waals surface area contributed by atoms with Gasteiger partial charge in [0.05, 0.1) is 6.10 Å². The van der Waals surface area contributed by atoms with Crippen LogP contribution in [0.3, 0.4) is 0 Å². The molecule has 0 amide bonds. The van der Waals surface area contributed by atoms with Gasteiger partial charge in [-0.2, -0.15) is 11.8 Å². The van der Waals surface area contributed by atoms with Crippen molar-refractivity contribution in [3.05, 3.63) is 35.4 Å². The number of hydrogen-bond donors (Lipinski definition) is 2. The van der Waals surface area contributed by atoms with E-state index in [0.717, 1.165) is 45.0 Å². The van der Waals surface area contributed by atoms with Crippen molar-refractivity contribution in [2.24, 2.45) is 10.9 Å². The minimum absolute atomic E-state index is 0.164. The van der Waals surface area contributed by atoms with E-state index in [9.17, 15) is 0 Å². The SMILES string of the molecule is CCNC(=NCC1CCCOC1c1ccc(C)cc1)NCCCSC. The second-order valence-electron chi connectivity index (χ2n) is 6.60. The molecule has 2 atom stereocenters. The number of rotatable bonds is 8. The zero-order valence-electron chi connectivity index (χ0n) is 15.9. The predicted octanol–water partition coefficient (Wildman–Crippen LogP) is 3.77. The van der Waals surface area contributed by atoms with Gasteiger partial charge in [0.25, 0.3) is 0 Å². The normalized spacial score (nSPS) is 21.2. The highest BCUT2D eigenvalue weighted by Crippen LogP contribution is 2.33. The van der Waals surface area contributed by atoms with Crippen LogP contribution in [0.15, 0.2) is 29.3 Å². The lowest BCUT2D eigenvalue weighted by Gasteiger charge is -2.31. The molecule has 140 valence electrons. The van der Waals surface area contributed by atoms with Gasteiger partial charge < -0.3 is 15.4 Å². The highest BCUT2D eigenvalue weighted by atomic mass is 32.2. The molecule has 5 heteroatoms. The molecule has 0 radical (unpaired) electrons. The Kier molecular flexibility index (Phi) is 9.19. The lowest BCUT2D eigenvalue weighted by molar-refractivity contribution is -0.0250. The predicted molar refractivity (Wildman–Crippen MR) is 110 cm³/mol. The van der Waals surface area contributed by atoms with E-state index in [0.29, 0.717) is 5.92 Å². The number of nitrogens with one attached hydrogen (secondary N) is 2. The number of guanidine groups is 1. The average Bonchev–Trinajstić information content (AvgIpc) is 2.64. The molecule has 0 bridgehead atoms. The number of ether oxygens (including phenoxy) is 1. The van der Waals surface area contributed by atoms with Crippen molar-refractivity contribution < 1.29 is 4.74 Å². The van der Waals surface area contributed by atoms with E-state index in [1.54, 1.807) is 0 Å². The average molecular weight is 364 g/mol. The summed E-state index contributed by atoms with van der Waals surface area (Å²) in [6.45, 7) is 7.74. The van der Waals surface area contributed by atoms with Gasteiger partial charge in [0, 0.05) is 32.2 Å². The fourth-order valence-electron chi connectivity index (χ4n) is 3.13. The summed E-state index contributed by atoms with van der Waals surface area (Å²) in [6.07, 6.45) is 5.77. The molecule has 2 rings (SSSR count). The molecular formula is C20H33N3OS. The van der Waals surface area contributed by atoms with Gasteiger partial charge in [0.1, 0.15) is 0 Å². The largest absolute Gasteiger partial charge is 0.373 e. The Morgan fingerprint density at radius 3 is 2.80 bits per heavy atom. The summed E-state index contributed by atoms with van der Waals surface area (Å²) in [5.41, 5.74) is 2.57. The van der Waals surface area contributed by atoms with Crippen LogP contribution in [0.4, 0.5) is 0 Å². The summed E-state index contributed by atoms with van der Waals surface area (Å²) in [6, 6.07) is 8.75. The number of benzene rings is 1. The summed E-state index contributed by atoms with van der Waals surface area (Å²) < 4.78 is 6.11. The Labute approximate surface area is 157 Å². The first-order valence-electron chi connectivity index (χ1n) is 9.44. The van der Waals surface area contributed by atoms with Gasteiger partial charge in [0.2, 0.25) is 0 Å². The molecule has 1 aromatic carbocycles. The van der Waals surface area contributed by atoms with Crippen molar-refractivity contribution in [1.82, 2.24) is 10.6 Å². The molecule has 1 fully saturated rings. The second-order valence-corrected chi connectivity index (χ2v) is 7.58. The second kappa shape index (κ2) is 11.4. The van der Waals surface area contributed by atoms with E-state index >= 15 is 0 Å². The van der Waals surface area contributed by atoms with Crippen LogP contribution in [-0.4, -0.2) is 44.2 Å². The van der Waals surface area contributed by atoms with Crippen molar-refractivity contribution >= 4 is 17.7 Å². The maximum Gasteiger partial charge on any atom is 0.191 e. The summed E-state index contributed by atoms with van der Waals surface area (Å²) in [7, 11) is 0. The van der Waals surface area contributed by atoms with Crippen molar-refractivity contribution in [3.8, 4) is 0 Å². The van der Waals surface area contributed by atoms with Crippen molar-refractivity contribution in [3.63, 3.8) is 0 Å². The van der Waals surface area contributed by atoms with Crippen LogP contribution >= 0.6 is 11.8 Å². The molecule has 2 N–H and O–H groups in total. The highest BCUT2D eigenvalue weighted by Gasteiger charge is 2.27. The quantitative estimate of drug-likeness (QED) is 0.419. The van der Waals surface area contributed by atoms with Gasteiger partial charge in [-0.25, -0.2) is 0 Å². The van der Waals surface area contributed by atoms with Gasteiger partial charge in [-0.15, -0.1) is 0 Å². The monoisotopic (exact) mass is 363 g/mol. The summed E-state index contributed by atoms with van der Waals surface area (Å²) >= 11 is 1.88. The van der Waals surface area contributed by atoms with Gasteiger partial charge in [0.15, 0.2) is 5.96 Å². The van der Waals surface area contributed by atoms with Crippen molar-refractivity contribution in [2.75, 3.05) is 38.2 Å². The van der Waals surface area contributed by atoms with E-state index in [2.05, 4.69) is 55.0 Å². The molecule has 1 heterocycles. The third-order valence-electron chi connectivity index (χ3n) is 4.50. The van der Waals surface area contributed by atoms with Gasteiger partial charge in [-0.05, 0) is 50.7 Å². The Morgan fingerprint density at radius 1 is 1.28 bits per heavy atom. The van der Waals surface area contributed by atoms with Crippen LogP contribution in [-0.2, 0) is 4.74 Å². The first-order valence-corrected chi connectivity index (χ1v) is 10.8. The Balaban J connectivity index is 1.96. The lowest BCUT2D eigenvalue weighted by Crippen LogP contribution is -2.38. The Bertz CT molecular complexity index is 518. The molecule has 0 aliphatic carbocycles. The topological polar surface area (TPSA) is 45.7 Å².